The number of likely N-dealkylation sites (tertiary alicyclic amines) is 1. The Balaban J connectivity index is 0.00000370. The molecule has 6 heteroatoms. The van der Waals surface area contributed by atoms with Crippen LogP contribution in [-0.2, 0) is 24.2 Å². The van der Waals surface area contributed by atoms with Crippen LogP contribution in [0.1, 0.15) is 27.2 Å². The molecule has 2 atom stereocenters. The van der Waals surface area contributed by atoms with Crippen LogP contribution in [0.25, 0.3) is 0 Å². The molecule has 0 N–H and O–H groups in total. The fraction of sp³-hybridized carbons (Fsp3) is 0.265. The molecule has 3 nitrogen and oxygen atoms in total. The first-order valence-electron chi connectivity index (χ1n) is 13.7. The summed E-state index contributed by atoms with van der Waals surface area (Å²) in [5, 5.41) is 5.42. The van der Waals surface area contributed by atoms with Gasteiger partial charge in [-0.2, -0.15) is 0 Å². The Bertz CT molecular complexity index is 1260. The van der Waals surface area contributed by atoms with E-state index < -0.39 is 21.4 Å². The van der Waals surface area contributed by atoms with Gasteiger partial charge in [-0.05, 0) is 70.4 Å². The summed E-state index contributed by atoms with van der Waals surface area (Å²) in [4.78, 5) is 15.7. The minimum absolute atomic E-state index is 0. The van der Waals surface area contributed by atoms with Gasteiger partial charge in [-0.3, -0.25) is 0 Å². The molecule has 209 valence electrons. The molecule has 0 aromatic heterocycles. The predicted molar refractivity (Wildman–Crippen MR) is 168 cm³/mol. The average Bonchev–Trinajstić information content (AvgIpc) is 3.36. The molecule has 1 saturated heterocycles. The first kappa shape index (κ1) is 30.6. The third kappa shape index (κ3) is 7.67. The van der Waals surface area contributed by atoms with Crippen molar-refractivity contribution < 1.29 is 29.0 Å². The maximum atomic E-state index is 13.7. The zero-order chi connectivity index (χ0) is 27.2. The van der Waals surface area contributed by atoms with Crippen molar-refractivity contribution in [3.63, 3.8) is 0 Å². The van der Waals surface area contributed by atoms with E-state index in [0.717, 1.165) is 12.6 Å². The summed E-state index contributed by atoms with van der Waals surface area (Å²) in [6.45, 7) is 6.57. The van der Waals surface area contributed by atoms with Crippen LogP contribution in [0.4, 0.5) is 4.79 Å². The van der Waals surface area contributed by atoms with E-state index in [1.54, 1.807) is 0 Å². The number of carbonyl (C=O) groups is 1. The van der Waals surface area contributed by atoms with Gasteiger partial charge < -0.3 is 9.64 Å². The molecule has 0 aliphatic carbocycles. The van der Waals surface area contributed by atoms with Crippen molar-refractivity contribution >= 4 is 43.2 Å². The predicted octanol–water partition coefficient (Wildman–Crippen LogP) is 6.63. The van der Waals surface area contributed by atoms with E-state index in [1.807, 2.05) is 20.8 Å². The topological polar surface area (TPSA) is 29.5 Å². The first-order chi connectivity index (χ1) is 18.9. The molecular weight excluding hydrogens is 619 g/mol. The molecule has 0 saturated carbocycles. The minimum atomic E-state index is -0.639. The van der Waals surface area contributed by atoms with Gasteiger partial charge in [0.1, 0.15) is 5.60 Å². The molecule has 0 spiro atoms. The van der Waals surface area contributed by atoms with Gasteiger partial charge in [-0.15, -0.1) is 0 Å². The van der Waals surface area contributed by atoms with Crippen LogP contribution in [-0.4, -0.2) is 41.0 Å². The molecule has 40 heavy (non-hydrogen) atoms. The number of nitrogens with zero attached hydrogens (tertiary/aromatic N) is 1. The normalized spacial score (nSPS) is 17.1. The third-order valence-corrected chi connectivity index (χ3v) is 12.4. The first-order valence-corrected chi connectivity index (χ1v) is 16.6. The molecule has 1 aliphatic heterocycles. The number of amides is 1. The minimum Gasteiger partial charge on any atom is -0.444 e. The number of hydrogen-bond acceptors (Lipinski definition) is 2. The van der Waals surface area contributed by atoms with Crippen molar-refractivity contribution in [1.29, 1.82) is 0 Å². The van der Waals surface area contributed by atoms with Crippen molar-refractivity contribution in [2.45, 2.75) is 44.5 Å². The molecular formula is C34H37NO2P2Rh. The monoisotopic (exact) mass is 656 g/mol. The number of ether oxygens (including phenoxy) is 1. The van der Waals surface area contributed by atoms with E-state index in [-0.39, 0.29) is 31.6 Å². The average molecular weight is 657 g/mol. The van der Waals surface area contributed by atoms with E-state index in [9.17, 15) is 4.79 Å². The largest absolute Gasteiger partial charge is 0.444 e. The maximum absolute atomic E-state index is 13.7. The van der Waals surface area contributed by atoms with E-state index >= 15 is 0 Å². The second kappa shape index (κ2) is 14.0. The molecule has 1 fully saturated rings. The van der Waals surface area contributed by atoms with Gasteiger partial charge in [0.2, 0.25) is 0 Å². The summed E-state index contributed by atoms with van der Waals surface area (Å²) in [6, 6.07) is 43.4. The van der Waals surface area contributed by atoms with Crippen molar-refractivity contribution in [1.82, 2.24) is 4.90 Å². The quantitative estimate of drug-likeness (QED) is 0.165. The molecule has 5 rings (SSSR count). The van der Waals surface area contributed by atoms with E-state index in [2.05, 4.69) is 126 Å². The van der Waals surface area contributed by atoms with Crippen LogP contribution < -0.4 is 21.2 Å². The van der Waals surface area contributed by atoms with Crippen molar-refractivity contribution in [2.24, 2.45) is 0 Å². The molecule has 1 aliphatic rings. The molecule has 4 aromatic rings. The van der Waals surface area contributed by atoms with Gasteiger partial charge in [-0.25, -0.2) is 4.79 Å². The molecule has 4 aromatic carbocycles. The second-order valence-electron chi connectivity index (χ2n) is 11.0. The molecule has 1 heterocycles. The Labute approximate surface area is 254 Å². The fourth-order valence-electron chi connectivity index (χ4n) is 5.33. The Morgan fingerprint density at radius 1 is 0.725 bits per heavy atom. The Morgan fingerprint density at radius 3 is 1.52 bits per heavy atom. The standard InChI is InChI=1S/C34H37NO2P2.Rh/c1-34(2,3)37-33(36)35-25-32(39(30-20-12-6-13-21-30)31-22-14-7-15-23-31)24-27(35)26-38(28-16-8-4-9-17-28)29-18-10-5-11-19-29;/h4-23,27,32H,24-26H2,1-3H3;/t27-,32-;/m0./s1. The maximum Gasteiger partial charge on any atom is 0.410 e. The van der Waals surface area contributed by atoms with Crippen LogP contribution in [0.3, 0.4) is 0 Å². The summed E-state index contributed by atoms with van der Waals surface area (Å²) in [5.74, 6) is 0. The van der Waals surface area contributed by atoms with Crippen LogP contribution >= 0.6 is 15.8 Å². The van der Waals surface area contributed by atoms with E-state index in [0.29, 0.717) is 12.2 Å². The summed E-state index contributed by atoms with van der Waals surface area (Å²) in [7, 11) is -1.27. The fourth-order valence-corrected chi connectivity index (χ4v) is 10.8. The van der Waals surface area contributed by atoms with Gasteiger partial charge in [0, 0.05) is 37.7 Å². The van der Waals surface area contributed by atoms with Gasteiger partial charge in [0.05, 0.1) is 0 Å². The summed E-state index contributed by atoms with van der Waals surface area (Å²) in [6.07, 6.45) is 1.70. The zero-order valence-corrected chi connectivity index (χ0v) is 26.7. The third-order valence-electron chi connectivity index (χ3n) is 6.98. The number of hydrogen-bond donors (Lipinski definition) is 0. The Kier molecular flexibility index (Phi) is 10.7. The van der Waals surface area contributed by atoms with Crippen LogP contribution in [0.5, 0.6) is 0 Å². The summed E-state index contributed by atoms with van der Waals surface area (Å²) >= 11 is 0. The van der Waals surface area contributed by atoms with Gasteiger partial charge in [-0.1, -0.05) is 121 Å². The molecule has 0 bridgehead atoms. The van der Waals surface area contributed by atoms with Gasteiger partial charge in [0.25, 0.3) is 0 Å². The van der Waals surface area contributed by atoms with Crippen molar-refractivity contribution in [3.8, 4) is 0 Å². The van der Waals surface area contributed by atoms with Crippen LogP contribution in [0, 0.1) is 0 Å². The summed E-state index contributed by atoms with van der Waals surface area (Å²) in [5.41, 5.74) is -0.182. The van der Waals surface area contributed by atoms with Crippen LogP contribution in [0.2, 0.25) is 0 Å². The van der Waals surface area contributed by atoms with Crippen LogP contribution in [0.15, 0.2) is 121 Å². The van der Waals surface area contributed by atoms with Gasteiger partial charge >= 0.3 is 6.09 Å². The SMILES string of the molecule is CC(C)(C)OC(=O)N1C[C@@H](P(c2ccccc2)c2ccccc2)C[C@H]1CP(c1ccccc1)c1ccccc1.[Rh]. The smallest absolute Gasteiger partial charge is 0.410 e. The van der Waals surface area contributed by atoms with Crippen molar-refractivity contribution in [3.05, 3.63) is 121 Å². The molecule has 1 amide bonds. The Morgan fingerprint density at radius 2 is 1.12 bits per heavy atom. The van der Waals surface area contributed by atoms with E-state index in [1.165, 1.54) is 21.2 Å². The molecule has 1 radical (unpaired) electrons. The van der Waals surface area contributed by atoms with E-state index in [4.69, 9.17) is 4.74 Å². The van der Waals surface area contributed by atoms with Crippen molar-refractivity contribution in [2.75, 3.05) is 12.7 Å². The molecule has 0 unspecified atom stereocenters. The zero-order valence-electron chi connectivity index (χ0n) is 23.3. The summed E-state index contributed by atoms with van der Waals surface area (Å²) < 4.78 is 5.99. The van der Waals surface area contributed by atoms with Gasteiger partial charge in [0.15, 0.2) is 0 Å². The number of carbonyl (C=O) groups excluding carboxylic acids is 1. The number of benzene rings is 4. The number of rotatable bonds is 7. The second-order valence-corrected chi connectivity index (χ2v) is 15.8. The Hall–Kier alpha value is -2.37.